The van der Waals surface area contributed by atoms with Crippen molar-refractivity contribution in [3.05, 3.63) is 58.1 Å². The van der Waals surface area contributed by atoms with Crippen LogP contribution in [0.5, 0.6) is 0 Å². The van der Waals surface area contributed by atoms with E-state index in [0.29, 0.717) is 6.42 Å². The van der Waals surface area contributed by atoms with E-state index < -0.39 is 0 Å². The van der Waals surface area contributed by atoms with Crippen LogP contribution >= 0.6 is 15.9 Å². The van der Waals surface area contributed by atoms with Crippen LogP contribution in [-0.2, 0) is 11.2 Å². The number of aryl methyl sites for hydroxylation is 1. The molecule has 3 heteroatoms. The average Bonchev–Trinajstić information content (AvgIpc) is 2.69. The molecule has 0 atom stereocenters. The number of carbonyl (C=O) groups excluding carboxylic acids is 1. The molecule has 0 unspecified atom stereocenters. The van der Waals surface area contributed by atoms with Gasteiger partial charge in [0, 0.05) is 4.47 Å². The van der Waals surface area contributed by atoms with Crippen molar-refractivity contribution in [1.29, 1.82) is 0 Å². The second kappa shape index (κ2) is 4.25. The Bertz CT molecular complexity index is 636. The minimum absolute atomic E-state index is 0.131. The van der Waals surface area contributed by atoms with Gasteiger partial charge in [0.15, 0.2) is 0 Å². The van der Waals surface area contributed by atoms with E-state index in [1.54, 1.807) is 4.90 Å². The summed E-state index contributed by atoms with van der Waals surface area (Å²) >= 11 is 3.52. The van der Waals surface area contributed by atoms with Crippen LogP contribution in [0.1, 0.15) is 11.1 Å². The molecule has 0 aliphatic carbocycles. The molecule has 0 fully saturated rings. The highest BCUT2D eigenvalue weighted by Gasteiger charge is 2.28. The van der Waals surface area contributed by atoms with Gasteiger partial charge in [0.1, 0.15) is 0 Å². The fourth-order valence-corrected chi connectivity index (χ4v) is 2.63. The SMILES string of the molecule is Cc1ccc(N2C(=O)Cc3ccccc32)cc1Br. The molecule has 0 saturated carbocycles. The maximum atomic E-state index is 12.1. The van der Waals surface area contributed by atoms with Crippen LogP contribution in [0.3, 0.4) is 0 Å². The van der Waals surface area contributed by atoms with Gasteiger partial charge in [0.2, 0.25) is 5.91 Å². The Morgan fingerprint density at radius 2 is 1.94 bits per heavy atom. The minimum atomic E-state index is 0.131. The normalized spacial score (nSPS) is 13.9. The number of anilines is 2. The summed E-state index contributed by atoms with van der Waals surface area (Å²) in [4.78, 5) is 13.9. The van der Waals surface area contributed by atoms with E-state index in [0.717, 1.165) is 21.4 Å². The maximum absolute atomic E-state index is 12.1. The zero-order valence-corrected chi connectivity index (χ0v) is 11.6. The van der Waals surface area contributed by atoms with Crippen LogP contribution in [0.4, 0.5) is 11.4 Å². The van der Waals surface area contributed by atoms with Gasteiger partial charge in [-0.05, 0) is 36.2 Å². The molecule has 1 aliphatic rings. The van der Waals surface area contributed by atoms with Crippen molar-refractivity contribution in [2.24, 2.45) is 0 Å². The molecule has 0 spiro atoms. The van der Waals surface area contributed by atoms with Gasteiger partial charge in [-0.1, -0.05) is 40.2 Å². The second-order valence-electron chi connectivity index (χ2n) is 4.47. The monoisotopic (exact) mass is 301 g/mol. The van der Waals surface area contributed by atoms with Gasteiger partial charge in [-0.25, -0.2) is 0 Å². The number of para-hydroxylation sites is 1. The lowest BCUT2D eigenvalue weighted by molar-refractivity contribution is -0.116. The fourth-order valence-electron chi connectivity index (χ4n) is 2.26. The van der Waals surface area contributed by atoms with Crippen molar-refractivity contribution in [1.82, 2.24) is 0 Å². The van der Waals surface area contributed by atoms with Crippen molar-refractivity contribution in [2.75, 3.05) is 4.90 Å². The Balaban J connectivity index is 2.11. The number of nitrogens with zero attached hydrogens (tertiary/aromatic N) is 1. The zero-order chi connectivity index (χ0) is 12.7. The highest BCUT2D eigenvalue weighted by atomic mass is 79.9. The van der Waals surface area contributed by atoms with Gasteiger partial charge in [0.25, 0.3) is 0 Å². The molecule has 3 rings (SSSR count). The number of hydrogen-bond acceptors (Lipinski definition) is 1. The van der Waals surface area contributed by atoms with Crippen molar-refractivity contribution in [3.63, 3.8) is 0 Å². The summed E-state index contributed by atoms with van der Waals surface area (Å²) in [6.07, 6.45) is 0.488. The summed E-state index contributed by atoms with van der Waals surface area (Å²) in [6.45, 7) is 2.04. The first-order valence-corrected chi connectivity index (χ1v) is 6.63. The van der Waals surface area contributed by atoms with E-state index in [4.69, 9.17) is 0 Å². The van der Waals surface area contributed by atoms with Crippen LogP contribution in [0.25, 0.3) is 0 Å². The van der Waals surface area contributed by atoms with E-state index >= 15 is 0 Å². The van der Waals surface area contributed by atoms with E-state index in [1.807, 2.05) is 49.4 Å². The van der Waals surface area contributed by atoms with E-state index in [1.165, 1.54) is 5.56 Å². The van der Waals surface area contributed by atoms with Crippen molar-refractivity contribution < 1.29 is 4.79 Å². The number of carbonyl (C=O) groups is 1. The molecule has 2 aromatic carbocycles. The largest absolute Gasteiger partial charge is 0.280 e. The smallest absolute Gasteiger partial charge is 0.236 e. The van der Waals surface area contributed by atoms with E-state index in [9.17, 15) is 4.79 Å². The van der Waals surface area contributed by atoms with Crippen molar-refractivity contribution in [2.45, 2.75) is 13.3 Å². The van der Waals surface area contributed by atoms with Gasteiger partial charge in [0.05, 0.1) is 17.8 Å². The molecule has 90 valence electrons. The summed E-state index contributed by atoms with van der Waals surface area (Å²) in [7, 11) is 0. The first-order chi connectivity index (χ1) is 8.66. The quantitative estimate of drug-likeness (QED) is 0.780. The summed E-state index contributed by atoms with van der Waals surface area (Å²) < 4.78 is 1.03. The first-order valence-electron chi connectivity index (χ1n) is 5.84. The van der Waals surface area contributed by atoms with Crippen LogP contribution in [0, 0.1) is 6.92 Å². The summed E-state index contributed by atoms with van der Waals surface area (Å²) in [5, 5.41) is 0. The van der Waals surface area contributed by atoms with Gasteiger partial charge < -0.3 is 0 Å². The van der Waals surface area contributed by atoms with Crippen molar-refractivity contribution >= 4 is 33.2 Å². The molecule has 18 heavy (non-hydrogen) atoms. The maximum Gasteiger partial charge on any atom is 0.236 e. The molecular weight excluding hydrogens is 290 g/mol. The zero-order valence-electron chi connectivity index (χ0n) is 9.98. The standard InChI is InChI=1S/C15H12BrNO/c1-10-6-7-12(9-13(10)16)17-14-5-3-2-4-11(14)8-15(17)18/h2-7,9H,8H2,1H3. The molecule has 0 radical (unpaired) electrons. The van der Waals surface area contributed by atoms with Gasteiger partial charge in [-0.3, -0.25) is 9.69 Å². The van der Waals surface area contributed by atoms with Crippen LogP contribution in [0.2, 0.25) is 0 Å². The molecule has 0 N–H and O–H groups in total. The molecule has 1 amide bonds. The summed E-state index contributed by atoms with van der Waals surface area (Å²) in [5.41, 5.74) is 4.18. The number of rotatable bonds is 1. The van der Waals surface area contributed by atoms with Crippen LogP contribution in [0.15, 0.2) is 46.9 Å². The van der Waals surface area contributed by atoms with Crippen LogP contribution in [-0.4, -0.2) is 5.91 Å². The number of benzene rings is 2. The topological polar surface area (TPSA) is 20.3 Å². The average molecular weight is 302 g/mol. The van der Waals surface area contributed by atoms with Crippen molar-refractivity contribution in [3.8, 4) is 0 Å². The summed E-state index contributed by atoms with van der Waals surface area (Å²) in [6, 6.07) is 13.9. The molecule has 0 aromatic heterocycles. The molecule has 0 saturated heterocycles. The number of hydrogen-bond donors (Lipinski definition) is 0. The van der Waals surface area contributed by atoms with Crippen LogP contribution < -0.4 is 4.90 Å². The van der Waals surface area contributed by atoms with Gasteiger partial charge in [-0.2, -0.15) is 0 Å². The Labute approximate surface area is 114 Å². The third kappa shape index (κ3) is 1.75. The fraction of sp³-hybridized carbons (Fsp3) is 0.133. The molecule has 2 aromatic rings. The molecule has 2 nitrogen and oxygen atoms in total. The van der Waals surface area contributed by atoms with E-state index in [2.05, 4.69) is 15.9 Å². The summed E-state index contributed by atoms with van der Waals surface area (Å²) in [5.74, 6) is 0.131. The molecule has 0 bridgehead atoms. The Kier molecular flexibility index (Phi) is 2.71. The molecular formula is C15H12BrNO. The lowest BCUT2D eigenvalue weighted by Crippen LogP contribution is -2.20. The van der Waals surface area contributed by atoms with Gasteiger partial charge >= 0.3 is 0 Å². The lowest BCUT2D eigenvalue weighted by atomic mass is 10.1. The first kappa shape index (κ1) is 11.5. The Morgan fingerprint density at radius 1 is 1.17 bits per heavy atom. The number of halogens is 1. The van der Waals surface area contributed by atoms with Gasteiger partial charge in [-0.15, -0.1) is 0 Å². The number of amides is 1. The highest BCUT2D eigenvalue weighted by Crippen LogP contribution is 2.36. The van der Waals surface area contributed by atoms with E-state index in [-0.39, 0.29) is 5.91 Å². The third-order valence-corrected chi connectivity index (χ3v) is 4.09. The Hall–Kier alpha value is -1.61. The lowest BCUT2D eigenvalue weighted by Gasteiger charge is -2.18. The highest BCUT2D eigenvalue weighted by molar-refractivity contribution is 9.10. The number of fused-ring (bicyclic) bond motifs is 1. The second-order valence-corrected chi connectivity index (χ2v) is 5.32. The predicted molar refractivity (Wildman–Crippen MR) is 76.2 cm³/mol. The predicted octanol–water partition coefficient (Wildman–Crippen LogP) is 3.98. The molecule has 1 heterocycles. The third-order valence-electron chi connectivity index (χ3n) is 3.24. The minimum Gasteiger partial charge on any atom is -0.280 e. The Morgan fingerprint density at radius 3 is 2.72 bits per heavy atom. The molecule has 1 aliphatic heterocycles.